The van der Waals surface area contributed by atoms with Gasteiger partial charge in [0.25, 0.3) is 0 Å². The number of para-hydroxylation sites is 1. The molecule has 3 heteroatoms. The number of aromatic hydroxyl groups is 1. The van der Waals surface area contributed by atoms with Crippen LogP contribution >= 0.6 is 0 Å². The topological polar surface area (TPSA) is 35.5 Å². The lowest BCUT2D eigenvalue weighted by molar-refractivity contribution is 0.122. The maximum absolute atomic E-state index is 9.89. The van der Waals surface area contributed by atoms with Gasteiger partial charge in [-0.05, 0) is 19.5 Å². The highest BCUT2D eigenvalue weighted by Crippen LogP contribution is 2.31. The van der Waals surface area contributed by atoms with Crippen LogP contribution < -0.4 is 5.32 Å². The third-order valence-corrected chi connectivity index (χ3v) is 3.51. The van der Waals surface area contributed by atoms with Crippen LogP contribution in [0.1, 0.15) is 24.9 Å². The van der Waals surface area contributed by atoms with Crippen molar-refractivity contribution >= 4 is 0 Å². The number of rotatable bonds is 4. The van der Waals surface area contributed by atoms with Crippen LogP contribution in [0.15, 0.2) is 24.3 Å². The Morgan fingerprint density at radius 1 is 1.44 bits per heavy atom. The first kappa shape index (κ1) is 11.4. The van der Waals surface area contributed by atoms with Crippen LogP contribution in [-0.2, 0) is 0 Å². The standard InChI is InChI=1S/C13H20N2O/c1-3-12(15(2)10-8-14-9-10)11-6-4-5-7-13(11)16/h4-7,10,12,14,16H,3,8-9H2,1-2H3. The molecule has 2 N–H and O–H groups in total. The van der Waals surface area contributed by atoms with E-state index in [4.69, 9.17) is 0 Å². The van der Waals surface area contributed by atoms with E-state index in [0.717, 1.165) is 25.1 Å². The first-order valence-corrected chi connectivity index (χ1v) is 5.94. The zero-order valence-electron chi connectivity index (χ0n) is 9.98. The minimum atomic E-state index is 0.313. The van der Waals surface area contributed by atoms with Crippen LogP contribution in [0.25, 0.3) is 0 Å². The van der Waals surface area contributed by atoms with E-state index in [1.165, 1.54) is 0 Å². The highest BCUT2D eigenvalue weighted by molar-refractivity contribution is 5.34. The molecule has 88 valence electrons. The van der Waals surface area contributed by atoms with E-state index in [1.54, 1.807) is 6.07 Å². The summed E-state index contributed by atoms with van der Waals surface area (Å²) in [5, 5.41) is 13.2. The van der Waals surface area contributed by atoms with Gasteiger partial charge in [-0.2, -0.15) is 0 Å². The molecule has 1 heterocycles. The zero-order valence-corrected chi connectivity index (χ0v) is 9.98. The number of benzene rings is 1. The molecule has 1 atom stereocenters. The van der Waals surface area contributed by atoms with Gasteiger partial charge in [0.15, 0.2) is 0 Å². The van der Waals surface area contributed by atoms with Crippen LogP contribution in [0, 0.1) is 0 Å². The Morgan fingerprint density at radius 3 is 2.62 bits per heavy atom. The molecule has 2 rings (SSSR count). The van der Waals surface area contributed by atoms with Gasteiger partial charge < -0.3 is 10.4 Å². The molecule has 1 unspecified atom stereocenters. The molecule has 1 aromatic carbocycles. The number of hydrogen-bond donors (Lipinski definition) is 2. The Kier molecular flexibility index (Phi) is 3.46. The first-order chi connectivity index (χ1) is 7.74. The molecule has 0 saturated carbocycles. The van der Waals surface area contributed by atoms with Gasteiger partial charge in [0.05, 0.1) is 0 Å². The lowest BCUT2D eigenvalue weighted by atomic mass is 9.99. The second-order valence-corrected chi connectivity index (χ2v) is 4.46. The van der Waals surface area contributed by atoms with Crippen molar-refractivity contribution < 1.29 is 5.11 Å². The van der Waals surface area contributed by atoms with Gasteiger partial charge in [-0.25, -0.2) is 0 Å². The Balaban J connectivity index is 2.18. The minimum absolute atomic E-state index is 0.313. The van der Waals surface area contributed by atoms with Crippen LogP contribution in [0.4, 0.5) is 0 Å². The normalized spacial score (nSPS) is 18.4. The monoisotopic (exact) mass is 220 g/mol. The fraction of sp³-hybridized carbons (Fsp3) is 0.538. The van der Waals surface area contributed by atoms with Crippen molar-refractivity contribution in [3.63, 3.8) is 0 Å². The smallest absolute Gasteiger partial charge is 0.120 e. The highest BCUT2D eigenvalue weighted by atomic mass is 16.3. The van der Waals surface area contributed by atoms with Crippen molar-refractivity contribution in [1.82, 2.24) is 10.2 Å². The minimum Gasteiger partial charge on any atom is -0.508 e. The summed E-state index contributed by atoms with van der Waals surface area (Å²) in [6.07, 6.45) is 1.02. The van der Waals surface area contributed by atoms with Gasteiger partial charge >= 0.3 is 0 Å². The SMILES string of the molecule is CCC(c1ccccc1O)N(C)C1CNC1. The number of phenols is 1. The summed E-state index contributed by atoms with van der Waals surface area (Å²) in [6.45, 7) is 4.28. The van der Waals surface area contributed by atoms with Crippen LogP contribution in [0.5, 0.6) is 5.75 Å². The predicted molar refractivity (Wildman–Crippen MR) is 65.6 cm³/mol. The van der Waals surface area contributed by atoms with Crippen molar-refractivity contribution in [3.8, 4) is 5.75 Å². The quantitative estimate of drug-likeness (QED) is 0.811. The van der Waals surface area contributed by atoms with E-state index in [0.29, 0.717) is 17.8 Å². The maximum atomic E-state index is 9.89. The highest BCUT2D eigenvalue weighted by Gasteiger charge is 2.28. The summed E-state index contributed by atoms with van der Waals surface area (Å²) in [4.78, 5) is 2.37. The van der Waals surface area contributed by atoms with Gasteiger partial charge in [0, 0.05) is 30.7 Å². The van der Waals surface area contributed by atoms with Gasteiger partial charge in [-0.3, -0.25) is 4.90 Å². The first-order valence-electron chi connectivity index (χ1n) is 5.94. The van der Waals surface area contributed by atoms with Gasteiger partial charge in [0.1, 0.15) is 5.75 Å². The molecule has 1 aliphatic rings. The van der Waals surface area contributed by atoms with Gasteiger partial charge in [0.2, 0.25) is 0 Å². The number of nitrogens with zero attached hydrogens (tertiary/aromatic N) is 1. The van der Waals surface area contributed by atoms with Crippen molar-refractivity contribution in [1.29, 1.82) is 0 Å². The van der Waals surface area contributed by atoms with E-state index in [2.05, 4.69) is 24.2 Å². The molecule has 0 aliphatic carbocycles. The van der Waals surface area contributed by atoms with E-state index in [-0.39, 0.29) is 0 Å². The van der Waals surface area contributed by atoms with E-state index in [1.807, 2.05) is 18.2 Å². The molecule has 1 saturated heterocycles. The molecule has 1 aromatic rings. The maximum Gasteiger partial charge on any atom is 0.120 e. The average Bonchev–Trinajstić information content (AvgIpc) is 2.19. The van der Waals surface area contributed by atoms with Gasteiger partial charge in [-0.1, -0.05) is 25.1 Å². The summed E-state index contributed by atoms with van der Waals surface area (Å²) in [7, 11) is 2.14. The Labute approximate surface area is 97.1 Å². The fourth-order valence-corrected chi connectivity index (χ4v) is 2.31. The second-order valence-electron chi connectivity index (χ2n) is 4.46. The summed E-state index contributed by atoms with van der Waals surface area (Å²) in [5.41, 5.74) is 1.04. The van der Waals surface area contributed by atoms with Crippen LogP contribution in [0.3, 0.4) is 0 Å². The van der Waals surface area contributed by atoms with Crippen molar-refractivity contribution in [2.24, 2.45) is 0 Å². The molecule has 3 nitrogen and oxygen atoms in total. The molecule has 0 radical (unpaired) electrons. The summed E-state index contributed by atoms with van der Waals surface area (Å²) < 4.78 is 0. The number of hydrogen-bond acceptors (Lipinski definition) is 3. The van der Waals surface area contributed by atoms with Gasteiger partial charge in [-0.15, -0.1) is 0 Å². The van der Waals surface area contributed by atoms with Crippen molar-refractivity contribution in [3.05, 3.63) is 29.8 Å². The lowest BCUT2D eigenvalue weighted by Crippen LogP contribution is -2.56. The molecule has 0 amide bonds. The Hall–Kier alpha value is -1.06. The summed E-state index contributed by atoms with van der Waals surface area (Å²) >= 11 is 0. The third-order valence-electron chi connectivity index (χ3n) is 3.51. The van der Waals surface area contributed by atoms with Crippen LogP contribution in [-0.4, -0.2) is 36.2 Å². The molecule has 0 bridgehead atoms. The number of phenolic OH excluding ortho intramolecular Hbond substituents is 1. The third kappa shape index (κ3) is 2.06. The average molecular weight is 220 g/mol. The summed E-state index contributed by atoms with van der Waals surface area (Å²) in [5.74, 6) is 0.411. The molecule has 1 aliphatic heterocycles. The van der Waals surface area contributed by atoms with E-state index in [9.17, 15) is 5.11 Å². The molecule has 0 aromatic heterocycles. The van der Waals surface area contributed by atoms with Crippen molar-refractivity contribution in [2.45, 2.75) is 25.4 Å². The molecular weight excluding hydrogens is 200 g/mol. The Bertz CT molecular complexity index is 350. The van der Waals surface area contributed by atoms with Crippen molar-refractivity contribution in [2.75, 3.05) is 20.1 Å². The number of nitrogens with one attached hydrogen (secondary N) is 1. The predicted octanol–water partition coefficient (Wildman–Crippen LogP) is 1.75. The Morgan fingerprint density at radius 2 is 2.12 bits per heavy atom. The summed E-state index contributed by atoms with van der Waals surface area (Å²) in [6, 6.07) is 8.57. The molecular formula is C13H20N2O. The van der Waals surface area contributed by atoms with E-state index >= 15 is 0 Å². The molecule has 1 fully saturated rings. The molecule has 0 spiro atoms. The second kappa shape index (κ2) is 4.85. The lowest BCUT2D eigenvalue weighted by Gasteiger charge is -2.40. The van der Waals surface area contributed by atoms with Crippen LogP contribution in [0.2, 0.25) is 0 Å². The van der Waals surface area contributed by atoms with E-state index < -0.39 is 0 Å². The molecule has 16 heavy (non-hydrogen) atoms. The number of likely N-dealkylation sites (N-methyl/N-ethyl adjacent to an activating group) is 1. The fourth-order valence-electron chi connectivity index (χ4n) is 2.31. The zero-order chi connectivity index (χ0) is 11.5. The largest absolute Gasteiger partial charge is 0.508 e.